The molecule has 2 aromatic carbocycles. The molecule has 2 aliphatic carbocycles. The number of ether oxygens (including phenoxy) is 1. The number of carbonyl (C=O) groups is 1. The van der Waals surface area contributed by atoms with Crippen LogP contribution in [0.25, 0.3) is 5.69 Å². The number of fused-ring (bicyclic) bond motifs is 1. The molecule has 1 fully saturated rings. The molecule has 1 amide bonds. The standard InChI is InChI=1S/C26H26Cl2FN3O2/c27-18-11-12-23(22(28)15-18)32-24-17(13-16-5-3-7-19(29)14-16)6-1-2-10-21(24)25(31-32)34-26(33)30-20-8-4-9-20/h3,5,7,11-12,14-15,17,20H,1-2,4,6,8-10,13H2,(H,30,33). The molecule has 0 bridgehead atoms. The average Bonchev–Trinajstić information content (AvgIpc) is 2.96. The molecule has 1 unspecified atom stereocenters. The van der Waals surface area contributed by atoms with Crippen molar-refractivity contribution < 1.29 is 13.9 Å². The Morgan fingerprint density at radius 1 is 1.12 bits per heavy atom. The summed E-state index contributed by atoms with van der Waals surface area (Å²) in [7, 11) is 0. The SMILES string of the molecule is O=C(NC1CCC1)Oc1nn(-c2ccc(Cl)cc2Cl)c2c1CCCCC2Cc1cccc(F)c1. The van der Waals surface area contributed by atoms with E-state index in [1.807, 2.05) is 12.1 Å². The molecule has 1 saturated carbocycles. The Labute approximate surface area is 208 Å². The van der Waals surface area contributed by atoms with E-state index in [2.05, 4.69) is 5.32 Å². The lowest BCUT2D eigenvalue weighted by Crippen LogP contribution is -2.41. The fourth-order valence-corrected chi connectivity index (χ4v) is 5.32. The number of amides is 1. The minimum atomic E-state index is -0.481. The van der Waals surface area contributed by atoms with Crippen molar-refractivity contribution in [1.29, 1.82) is 0 Å². The Bertz CT molecular complexity index is 1210. The zero-order valence-corrected chi connectivity index (χ0v) is 20.2. The summed E-state index contributed by atoms with van der Waals surface area (Å²) in [6.45, 7) is 0. The molecule has 3 aromatic rings. The topological polar surface area (TPSA) is 56.1 Å². The van der Waals surface area contributed by atoms with Crippen LogP contribution in [0.3, 0.4) is 0 Å². The zero-order chi connectivity index (χ0) is 23.7. The summed E-state index contributed by atoms with van der Waals surface area (Å²) in [6.07, 6.45) is 6.84. The molecule has 5 rings (SSSR count). The van der Waals surface area contributed by atoms with Gasteiger partial charge in [0, 0.05) is 22.5 Å². The van der Waals surface area contributed by atoms with Crippen molar-refractivity contribution in [2.24, 2.45) is 0 Å². The van der Waals surface area contributed by atoms with Crippen molar-refractivity contribution >= 4 is 29.3 Å². The molecule has 178 valence electrons. The monoisotopic (exact) mass is 501 g/mol. The summed E-state index contributed by atoms with van der Waals surface area (Å²) in [4.78, 5) is 12.6. The van der Waals surface area contributed by atoms with E-state index in [4.69, 9.17) is 33.0 Å². The average molecular weight is 502 g/mol. The van der Waals surface area contributed by atoms with E-state index < -0.39 is 6.09 Å². The van der Waals surface area contributed by atoms with Gasteiger partial charge in [-0.1, -0.05) is 41.8 Å². The molecule has 34 heavy (non-hydrogen) atoms. The maximum absolute atomic E-state index is 13.9. The van der Waals surface area contributed by atoms with E-state index in [1.165, 1.54) is 6.07 Å². The Hall–Kier alpha value is -2.57. The molecule has 2 aliphatic rings. The van der Waals surface area contributed by atoms with Gasteiger partial charge >= 0.3 is 6.09 Å². The molecule has 0 aliphatic heterocycles. The lowest BCUT2D eigenvalue weighted by atomic mass is 9.91. The van der Waals surface area contributed by atoms with Crippen molar-refractivity contribution in [3.05, 3.63) is 75.1 Å². The molecular formula is C26H26Cl2FN3O2. The van der Waals surface area contributed by atoms with Crippen LogP contribution in [-0.2, 0) is 12.8 Å². The first-order chi connectivity index (χ1) is 16.5. The van der Waals surface area contributed by atoms with Gasteiger partial charge in [-0.3, -0.25) is 0 Å². The minimum absolute atomic E-state index is 0.0607. The van der Waals surface area contributed by atoms with Crippen LogP contribution in [0.5, 0.6) is 5.88 Å². The van der Waals surface area contributed by atoms with Crippen LogP contribution in [0, 0.1) is 5.82 Å². The van der Waals surface area contributed by atoms with Crippen molar-refractivity contribution in [1.82, 2.24) is 15.1 Å². The third-order valence-electron chi connectivity index (χ3n) is 6.73. The number of hydrogen-bond donors (Lipinski definition) is 1. The van der Waals surface area contributed by atoms with E-state index in [-0.39, 0.29) is 17.8 Å². The maximum Gasteiger partial charge on any atom is 0.414 e. The number of halogens is 3. The fourth-order valence-electron chi connectivity index (χ4n) is 4.83. The van der Waals surface area contributed by atoms with E-state index >= 15 is 0 Å². The highest BCUT2D eigenvalue weighted by Gasteiger charge is 2.31. The second-order valence-electron chi connectivity index (χ2n) is 9.11. The number of benzene rings is 2. The summed E-state index contributed by atoms with van der Waals surface area (Å²) in [5.41, 5.74) is 3.45. The van der Waals surface area contributed by atoms with Crippen LogP contribution < -0.4 is 10.1 Å². The molecular weight excluding hydrogens is 476 g/mol. The first-order valence-electron chi connectivity index (χ1n) is 11.8. The summed E-state index contributed by atoms with van der Waals surface area (Å²) in [6, 6.07) is 12.1. The zero-order valence-electron chi connectivity index (χ0n) is 18.7. The Morgan fingerprint density at radius 2 is 1.97 bits per heavy atom. The predicted octanol–water partition coefficient (Wildman–Crippen LogP) is 7.01. The van der Waals surface area contributed by atoms with E-state index in [1.54, 1.807) is 28.9 Å². The normalized spacial score (nSPS) is 18.0. The quantitative estimate of drug-likeness (QED) is 0.382. The van der Waals surface area contributed by atoms with Crippen LogP contribution in [0.15, 0.2) is 42.5 Å². The first kappa shape index (κ1) is 23.2. The van der Waals surface area contributed by atoms with Gasteiger partial charge in [-0.25, -0.2) is 13.9 Å². The second kappa shape index (κ2) is 9.96. The molecule has 0 radical (unpaired) electrons. The predicted molar refractivity (Wildman–Crippen MR) is 131 cm³/mol. The van der Waals surface area contributed by atoms with Crippen molar-refractivity contribution in [3.8, 4) is 11.6 Å². The number of nitrogens with zero attached hydrogens (tertiary/aromatic N) is 2. The molecule has 1 heterocycles. The van der Waals surface area contributed by atoms with Crippen LogP contribution in [0.4, 0.5) is 9.18 Å². The highest BCUT2D eigenvalue weighted by Crippen LogP contribution is 2.40. The van der Waals surface area contributed by atoms with Gasteiger partial charge in [0.05, 0.1) is 16.4 Å². The van der Waals surface area contributed by atoms with Crippen LogP contribution >= 0.6 is 23.2 Å². The smallest absolute Gasteiger partial charge is 0.389 e. The third-order valence-corrected chi connectivity index (χ3v) is 7.27. The van der Waals surface area contributed by atoms with E-state index in [0.29, 0.717) is 28.0 Å². The van der Waals surface area contributed by atoms with Crippen molar-refractivity contribution in [2.45, 2.75) is 63.3 Å². The van der Waals surface area contributed by atoms with Gasteiger partial charge in [-0.15, -0.1) is 5.10 Å². The Morgan fingerprint density at radius 3 is 2.71 bits per heavy atom. The molecule has 1 aromatic heterocycles. The number of nitrogens with one attached hydrogen (secondary N) is 1. The van der Waals surface area contributed by atoms with Gasteiger partial charge in [-0.2, -0.15) is 0 Å². The summed E-state index contributed by atoms with van der Waals surface area (Å²) in [5.74, 6) is 0.117. The van der Waals surface area contributed by atoms with Crippen LogP contribution in [0.2, 0.25) is 10.0 Å². The third kappa shape index (κ3) is 4.93. The Kier molecular flexibility index (Phi) is 6.79. The van der Waals surface area contributed by atoms with Crippen LogP contribution in [-0.4, -0.2) is 21.9 Å². The second-order valence-corrected chi connectivity index (χ2v) is 9.96. The maximum atomic E-state index is 13.9. The number of rotatable bonds is 5. The van der Waals surface area contributed by atoms with Gasteiger partial charge in [-0.05, 0) is 80.8 Å². The lowest BCUT2D eigenvalue weighted by molar-refractivity contribution is 0.185. The summed E-state index contributed by atoms with van der Waals surface area (Å²) in [5, 5.41) is 8.63. The van der Waals surface area contributed by atoms with Crippen molar-refractivity contribution in [3.63, 3.8) is 0 Å². The number of carbonyl (C=O) groups excluding carboxylic acids is 1. The van der Waals surface area contributed by atoms with Gasteiger partial charge in [0.1, 0.15) is 5.82 Å². The summed E-state index contributed by atoms with van der Waals surface area (Å²) >= 11 is 12.7. The molecule has 5 nitrogen and oxygen atoms in total. The molecule has 8 heteroatoms. The molecule has 1 atom stereocenters. The molecule has 0 saturated heterocycles. The largest absolute Gasteiger partial charge is 0.414 e. The first-order valence-corrected chi connectivity index (χ1v) is 12.5. The van der Waals surface area contributed by atoms with Gasteiger partial charge in [0.15, 0.2) is 0 Å². The summed E-state index contributed by atoms with van der Waals surface area (Å²) < 4.78 is 21.4. The molecule has 0 spiro atoms. The molecule has 1 N–H and O–H groups in total. The Balaban J connectivity index is 1.56. The minimum Gasteiger partial charge on any atom is -0.389 e. The van der Waals surface area contributed by atoms with Gasteiger partial charge in [0.2, 0.25) is 5.88 Å². The highest BCUT2D eigenvalue weighted by atomic mass is 35.5. The highest BCUT2D eigenvalue weighted by molar-refractivity contribution is 6.35. The fraction of sp³-hybridized carbons (Fsp3) is 0.385. The van der Waals surface area contributed by atoms with Crippen LogP contribution in [0.1, 0.15) is 61.3 Å². The number of aromatic nitrogens is 2. The van der Waals surface area contributed by atoms with Gasteiger partial charge < -0.3 is 10.1 Å². The lowest BCUT2D eigenvalue weighted by Gasteiger charge is -2.25. The van der Waals surface area contributed by atoms with Crippen molar-refractivity contribution in [2.75, 3.05) is 0 Å². The van der Waals surface area contributed by atoms with Gasteiger partial charge in [0.25, 0.3) is 0 Å². The number of hydrogen-bond acceptors (Lipinski definition) is 3. The van der Waals surface area contributed by atoms with E-state index in [9.17, 15) is 9.18 Å². The van der Waals surface area contributed by atoms with E-state index in [0.717, 1.165) is 61.8 Å².